The van der Waals surface area contributed by atoms with Crippen LogP contribution in [0.15, 0.2) is 59.6 Å². The van der Waals surface area contributed by atoms with Crippen LogP contribution in [0.1, 0.15) is 16.7 Å². The number of urea groups is 1. The average molecular weight is 432 g/mol. The minimum Gasteiger partial charge on any atom is -0.385 e. The van der Waals surface area contributed by atoms with E-state index < -0.39 is 35.6 Å². The number of carbonyl (C=O) groups is 3. The second-order valence-electron chi connectivity index (χ2n) is 7.00. The third kappa shape index (κ3) is 4.90. The molecule has 1 unspecified atom stereocenters. The Hall–Kier alpha value is -3.69. The molecule has 4 amide bonds. The molecule has 7 nitrogen and oxygen atoms in total. The Morgan fingerprint density at radius 2 is 1.68 bits per heavy atom. The summed E-state index contributed by atoms with van der Waals surface area (Å²) in [6, 6.07) is 10.8. The predicted octanol–water partition coefficient (Wildman–Crippen LogP) is 2.59. The quantitative estimate of drug-likeness (QED) is 0.786. The molecule has 2 aromatic rings. The number of rotatable bonds is 5. The molecule has 0 saturated carbocycles. The number of aliphatic imine (C=N–C) groups is 1. The van der Waals surface area contributed by atoms with Gasteiger partial charge in [-0.05, 0) is 23.3 Å². The number of halogens is 3. The van der Waals surface area contributed by atoms with Gasteiger partial charge in [0.15, 0.2) is 6.04 Å². The summed E-state index contributed by atoms with van der Waals surface area (Å²) < 4.78 is 38.3. The Kier molecular flexibility index (Phi) is 6.09. The van der Waals surface area contributed by atoms with E-state index in [4.69, 9.17) is 5.73 Å². The topological polar surface area (TPSA) is 96.1 Å². The highest BCUT2D eigenvalue weighted by molar-refractivity contribution is 6.19. The lowest BCUT2D eigenvalue weighted by atomic mass is 10.1. The third-order valence-electron chi connectivity index (χ3n) is 4.82. The van der Waals surface area contributed by atoms with Crippen LogP contribution in [0, 0.1) is 0 Å². The zero-order valence-corrected chi connectivity index (χ0v) is 16.5. The smallest absolute Gasteiger partial charge is 0.385 e. The highest BCUT2D eigenvalue weighted by Crippen LogP contribution is 2.29. The van der Waals surface area contributed by atoms with E-state index in [1.54, 1.807) is 30.3 Å². The van der Waals surface area contributed by atoms with E-state index in [9.17, 15) is 27.6 Å². The second kappa shape index (κ2) is 8.58. The van der Waals surface area contributed by atoms with Gasteiger partial charge in [0.2, 0.25) is 5.91 Å². The average Bonchev–Trinajstić information content (AvgIpc) is 2.72. The molecule has 1 aliphatic heterocycles. The first-order valence-electron chi connectivity index (χ1n) is 9.23. The highest BCUT2D eigenvalue weighted by atomic mass is 19.4. The van der Waals surface area contributed by atoms with Crippen LogP contribution in [0.2, 0.25) is 0 Å². The fourth-order valence-electron chi connectivity index (χ4n) is 3.14. The van der Waals surface area contributed by atoms with Crippen molar-refractivity contribution in [2.24, 2.45) is 10.7 Å². The van der Waals surface area contributed by atoms with E-state index >= 15 is 0 Å². The van der Waals surface area contributed by atoms with Gasteiger partial charge in [0.05, 0.1) is 12.0 Å². The van der Waals surface area contributed by atoms with Crippen molar-refractivity contribution in [2.45, 2.75) is 25.2 Å². The lowest BCUT2D eigenvalue weighted by Gasteiger charge is -2.34. The molecule has 2 N–H and O–H groups in total. The van der Waals surface area contributed by atoms with Crippen LogP contribution in [-0.2, 0) is 28.7 Å². The number of hydrogen-bond acceptors (Lipinski definition) is 4. The van der Waals surface area contributed by atoms with Gasteiger partial charge in [-0.2, -0.15) is 18.2 Å². The SMILES string of the molecule is CN1C(=O)N=C(N)C(N(Cc2ccccc2)C(=O)Cc2ccc(C(F)(F)F)cc2)C1=O. The van der Waals surface area contributed by atoms with Crippen LogP contribution < -0.4 is 5.73 Å². The van der Waals surface area contributed by atoms with E-state index in [1.165, 1.54) is 24.1 Å². The number of carbonyl (C=O) groups excluding carboxylic acids is 3. The first kappa shape index (κ1) is 22.0. The lowest BCUT2D eigenvalue weighted by Crippen LogP contribution is -2.60. The number of alkyl halides is 3. The zero-order valence-electron chi connectivity index (χ0n) is 16.5. The van der Waals surface area contributed by atoms with Crippen LogP contribution in [0.25, 0.3) is 0 Å². The fraction of sp³-hybridized carbons (Fsp3) is 0.238. The van der Waals surface area contributed by atoms with Crippen LogP contribution in [0.3, 0.4) is 0 Å². The third-order valence-corrected chi connectivity index (χ3v) is 4.82. The summed E-state index contributed by atoms with van der Waals surface area (Å²) in [7, 11) is 1.23. The normalized spacial score (nSPS) is 16.8. The maximum absolute atomic E-state index is 13.1. The minimum absolute atomic E-state index is 0.00499. The van der Waals surface area contributed by atoms with Crippen molar-refractivity contribution in [3.05, 3.63) is 71.3 Å². The van der Waals surface area contributed by atoms with Crippen LogP contribution in [-0.4, -0.2) is 46.6 Å². The number of hydrogen-bond donors (Lipinski definition) is 1. The summed E-state index contributed by atoms with van der Waals surface area (Å²) in [5.41, 5.74) is 6.04. The monoisotopic (exact) mass is 432 g/mol. The van der Waals surface area contributed by atoms with E-state index in [0.717, 1.165) is 17.0 Å². The fourth-order valence-corrected chi connectivity index (χ4v) is 3.14. The van der Waals surface area contributed by atoms with E-state index in [-0.39, 0.29) is 18.8 Å². The molecule has 1 aliphatic rings. The molecule has 0 aromatic heterocycles. The van der Waals surface area contributed by atoms with Gasteiger partial charge < -0.3 is 10.6 Å². The van der Waals surface area contributed by atoms with Crippen molar-refractivity contribution in [1.29, 1.82) is 0 Å². The summed E-state index contributed by atoms with van der Waals surface area (Å²) in [4.78, 5) is 43.2. The zero-order chi connectivity index (χ0) is 22.8. The van der Waals surface area contributed by atoms with Gasteiger partial charge in [0.25, 0.3) is 5.91 Å². The molecule has 0 saturated heterocycles. The van der Waals surface area contributed by atoms with Crippen molar-refractivity contribution in [2.75, 3.05) is 7.05 Å². The van der Waals surface area contributed by atoms with Crippen LogP contribution in [0.5, 0.6) is 0 Å². The summed E-state index contributed by atoms with van der Waals surface area (Å²) >= 11 is 0. The van der Waals surface area contributed by atoms with Gasteiger partial charge in [0, 0.05) is 13.6 Å². The Labute approximate surface area is 176 Å². The van der Waals surface area contributed by atoms with Gasteiger partial charge in [-0.25, -0.2) is 4.79 Å². The first-order valence-corrected chi connectivity index (χ1v) is 9.23. The molecule has 31 heavy (non-hydrogen) atoms. The predicted molar refractivity (Wildman–Crippen MR) is 106 cm³/mol. The van der Waals surface area contributed by atoms with E-state index in [2.05, 4.69) is 4.99 Å². The van der Waals surface area contributed by atoms with Gasteiger partial charge in [-0.1, -0.05) is 42.5 Å². The lowest BCUT2D eigenvalue weighted by molar-refractivity contribution is -0.141. The first-order chi connectivity index (χ1) is 14.6. The van der Waals surface area contributed by atoms with Gasteiger partial charge >= 0.3 is 12.2 Å². The number of benzene rings is 2. The molecular formula is C21H19F3N4O3. The molecular weight excluding hydrogens is 413 g/mol. The number of nitrogens with two attached hydrogens (primary N) is 1. The Balaban J connectivity index is 1.90. The van der Waals surface area contributed by atoms with Gasteiger partial charge in [-0.15, -0.1) is 0 Å². The molecule has 1 atom stereocenters. The molecule has 3 rings (SSSR count). The van der Waals surface area contributed by atoms with Gasteiger partial charge in [0.1, 0.15) is 5.84 Å². The highest BCUT2D eigenvalue weighted by Gasteiger charge is 2.40. The summed E-state index contributed by atoms with van der Waals surface area (Å²) in [5, 5.41) is 0. The minimum atomic E-state index is -4.49. The summed E-state index contributed by atoms with van der Waals surface area (Å²) in [6.45, 7) is -0.00499. The van der Waals surface area contributed by atoms with Crippen LogP contribution in [0.4, 0.5) is 18.0 Å². The van der Waals surface area contributed by atoms with E-state index in [0.29, 0.717) is 11.1 Å². The molecule has 0 aliphatic carbocycles. The Morgan fingerprint density at radius 1 is 1.06 bits per heavy atom. The van der Waals surface area contributed by atoms with Gasteiger partial charge in [-0.3, -0.25) is 14.5 Å². The second-order valence-corrected chi connectivity index (χ2v) is 7.00. The van der Waals surface area contributed by atoms with Crippen molar-refractivity contribution in [3.63, 3.8) is 0 Å². The molecule has 2 aromatic carbocycles. The van der Waals surface area contributed by atoms with Crippen LogP contribution >= 0.6 is 0 Å². The molecule has 0 bridgehead atoms. The summed E-state index contributed by atoms with van der Waals surface area (Å²) in [6.07, 6.45) is -4.75. The number of amidine groups is 1. The van der Waals surface area contributed by atoms with Crippen molar-refractivity contribution < 1.29 is 27.6 Å². The van der Waals surface area contributed by atoms with Crippen molar-refractivity contribution >= 4 is 23.7 Å². The van der Waals surface area contributed by atoms with Crippen molar-refractivity contribution in [1.82, 2.24) is 9.80 Å². The van der Waals surface area contributed by atoms with Crippen molar-refractivity contribution in [3.8, 4) is 0 Å². The van der Waals surface area contributed by atoms with E-state index in [1.807, 2.05) is 0 Å². The molecule has 162 valence electrons. The standard InChI is InChI=1S/C21H19F3N4O3/c1-27-19(30)17(18(25)26-20(27)31)28(12-14-5-3-2-4-6-14)16(29)11-13-7-9-15(10-8-13)21(22,23)24/h2-10,17H,11-12H2,1H3,(H2,25,26,31). The molecule has 0 radical (unpaired) electrons. The largest absolute Gasteiger partial charge is 0.416 e. The number of likely N-dealkylation sites (N-methyl/N-ethyl adjacent to an activating group) is 1. The maximum Gasteiger partial charge on any atom is 0.416 e. The maximum atomic E-state index is 13.1. The molecule has 0 spiro atoms. The number of imide groups is 1. The number of nitrogens with zero attached hydrogens (tertiary/aromatic N) is 3. The molecule has 10 heteroatoms. The Bertz CT molecular complexity index is 1020. The molecule has 1 heterocycles. The Morgan fingerprint density at radius 3 is 2.26 bits per heavy atom. The number of amides is 4. The summed E-state index contributed by atoms with van der Waals surface area (Å²) in [5.74, 6) is -1.58. The molecule has 0 fully saturated rings.